The fraction of sp³-hybridized carbons (Fsp3) is 0.517. The van der Waals surface area contributed by atoms with Gasteiger partial charge in [0.2, 0.25) is 0 Å². The van der Waals surface area contributed by atoms with Gasteiger partial charge in [-0.15, -0.1) is 0 Å². The zero-order valence-corrected chi connectivity index (χ0v) is 22.5. The molecule has 0 bridgehead atoms. The molecule has 0 aliphatic carbocycles. The number of halogens is 6. The highest BCUT2D eigenvalue weighted by molar-refractivity contribution is 5.57. The van der Waals surface area contributed by atoms with Crippen LogP contribution >= 0.6 is 0 Å². The predicted molar refractivity (Wildman–Crippen MR) is 138 cm³/mol. The van der Waals surface area contributed by atoms with Crippen molar-refractivity contribution in [3.8, 4) is 5.75 Å². The number of aryl methyl sites for hydroxylation is 2. The zero-order chi connectivity index (χ0) is 29.6. The average Bonchev–Trinajstić information content (AvgIpc) is 2.86. The van der Waals surface area contributed by atoms with Crippen molar-refractivity contribution in [3.05, 3.63) is 70.3 Å². The summed E-state index contributed by atoms with van der Waals surface area (Å²) in [6, 6.07) is 10.6. The number of aliphatic hydroxyl groups excluding tert-OH is 2. The minimum atomic E-state index is -5.93. The van der Waals surface area contributed by atoms with E-state index in [0.717, 1.165) is 16.7 Å². The van der Waals surface area contributed by atoms with Gasteiger partial charge in [0.05, 0.1) is 6.10 Å². The lowest BCUT2D eigenvalue weighted by molar-refractivity contribution is -0.347. The first-order valence-electron chi connectivity index (χ1n) is 12.7. The second-order valence-corrected chi connectivity index (χ2v) is 9.77. The molecule has 3 N–H and O–H groups in total. The first-order valence-corrected chi connectivity index (χ1v) is 12.7. The van der Waals surface area contributed by atoms with Crippen LogP contribution in [0.1, 0.15) is 67.3 Å². The molecular weight excluding hydrogens is 526 g/mol. The third kappa shape index (κ3) is 7.15. The standard InChI is InChI=1S/C29H36F6O4/c1-5-26(6-2,23-11-12-25(20(4)17-23)39-18-24(37)8-7-15-36)22-10-9-21(19(3)16-22)13-14-27(38,28(30,31)32)29(33,34)35/h9-14,16-17,24,36-38H,5-8,15,18H2,1-4H3/b14-13+/t24-/m1/s1. The summed E-state index contributed by atoms with van der Waals surface area (Å²) in [4.78, 5) is 0. The van der Waals surface area contributed by atoms with Crippen molar-refractivity contribution in [3.63, 3.8) is 0 Å². The number of alkyl halides is 6. The smallest absolute Gasteiger partial charge is 0.430 e. The fourth-order valence-corrected chi connectivity index (χ4v) is 4.66. The molecule has 0 radical (unpaired) electrons. The Morgan fingerprint density at radius 2 is 1.41 bits per heavy atom. The summed E-state index contributed by atoms with van der Waals surface area (Å²) in [7, 11) is 0. The topological polar surface area (TPSA) is 69.9 Å². The van der Waals surface area contributed by atoms with Crippen molar-refractivity contribution in [1.29, 1.82) is 0 Å². The Labute approximate surface area is 224 Å². The van der Waals surface area contributed by atoms with Crippen LogP contribution in [0, 0.1) is 13.8 Å². The molecule has 0 aliphatic rings. The van der Waals surface area contributed by atoms with E-state index in [2.05, 4.69) is 0 Å². The van der Waals surface area contributed by atoms with E-state index < -0.39 is 29.5 Å². The second-order valence-electron chi connectivity index (χ2n) is 9.77. The summed E-state index contributed by atoms with van der Waals surface area (Å²) in [6.07, 6.45) is -9.97. The number of ether oxygens (including phenoxy) is 1. The largest absolute Gasteiger partial charge is 0.491 e. The third-order valence-electron chi connectivity index (χ3n) is 7.25. The maximum absolute atomic E-state index is 13.0. The van der Waals surface area contributed by atoms with E-state index in [1.165, 1.54) is 6.07 Å². The van der Waals surface area contributed by atoms with Crippen LogP contribution in [-0.2, 0) is 5.41 Å². The quantitative estimate of drug-likeness (QED) is 0.249. The molecule has 4 nitrogen and oxygen atoms in total. The van der Waals surface area contributed by atoms with Crippen LogP contribution in [0.3, 0.4) is 0 Å². The third-order valence-corrected chi connectivity index (χ3v) is 7.25. The van der Waals surface area contributed by atoms with Gasteiger partial charge >= 0.3 is 12.4 Å². The van der Waals surface area contributed by atoms with Crippen molar-refractivity contribution in [2.45, 2.75) is 82.9 Å². The molecule has 0 heterocycles. The summed E-state index contributed by atoms with van der Waals surface area (Å²) in [5.74, 6) is 0.599. The molecule has 2 aromatic rings. The van der Waals surface area contributed by atoms with E-state index in [0.29, 0.717) is 43.1 Å². The summed E-state index contributed by atoms with van der Waals surface area (Å²) in [5.41, 5.74) is -2.24. The Bertz CT molecular complexity index is 1110. The minimum Gasteiger partial charge on any atom is -0.491 e. The van der Waals surface area contributed by atoms with Crippen LogP contribution in [0.2, 0.25) is 0 Å². The highest BCUT2D eigenvalue weighted by Gasteiger charge is 2.68. The number of hydrogen-bond acceptors (Lipinski definition) is 4. The van der Waals surface area contributed by atoms with Crippen molar-refractivity contribution in [2.24, 2.45) is 0 Å². The van der Waals surface area contributed by atoms with Crippen LogP contribution in [0.25, 0.3) is 6.08 Å². The molecule has 218 valence electrons. The molecule has 0 aliphatic heterocycles. The van der Waals surface area contributed by atoms with E-state index in [1.54, 1.807) is 19.1 Å². The summed E-state index contributed by atoms with van der Waals surface area (Å²) >= 11 is 0. The van der Waals surface area contributed by atoms with E-state index in [9.17, 15) is 36.6 Å². The van der Waals surface area contributed by atoms with Crippen molar-refractivity contribution in [2.75, 3.05) is 13.2 Å². The van der Waals surface area contributed by atoms with Gasteiger partial charge in [-0.1, -0.05) is 50.3 Å². The molecule has 0 spiro atoms. The Balaban J connectivity index is 2.40. The second kappa shape index (κ2) is 12.7. The maximum Gasteiger partial charge on any atom is 0.430 e. The summed E-state index contributed by atoms with van der Waals surface area (Å²) in [5, 5.41) is 28.3. The molecule has 0 fully saturated rings. The molecule has 0 aromatic heterocycles. The van der Waals surface area contributed by atoms with Gasteiger partial charge in [0.15, 0.2) is 0 Å². The summed E-state index contributed by atoms with van der Waals surface area (Å²) < 4.78 is 84.1. The van der Waals surface area contributed by atoms with Gasteiger partial charge in [-0.05, 0) is 79.5 Å². The molecule has 1 atom stereocenters. The van der Waals surface area contributed by atoms with E-state index in [1.807, 2.05) is 39.0 Å². The van der Waals surface area contributed by atoms with Gasteiger partial charge in [-0.2, -0.15) is 26.3 Å². The lowest BCUT2D eigenvalue weighted by Gasteiger charge is -2.34. The van der Waals surface area contributed by atoms with Gasteiger partial charge in [0.25, 0.3) is 5.60 Å². The zero-order valence-electron chi connectivity index (χ0n) is 22.5. The van der Waals surface area contributed by atoms with Crippen LogP contribution in [0.5, 0.6) is 5.75 Å². The SMILES string of the molecule is CCC(CC)(c1ccc(/C=C/C(O)(C(F)(F)F)C(F)(F)F)c(C)c1)c1ccc(OC[C@H](O)CCCO)c(C)c1. The molecule has 0 amide bonds. The Morgan fingerprint density at radius 3 is 1.87 bits per heavy atom. The lowest BCUT2D eigenvalue weighted by atomic mass is 9.70. The van der Waals surface area contributed by atoms with Gasteiger partial charge in [0.1, 0.15) is 12.4 Å². The summed E-state index contributed by atoms with van der Waals surface area (Å²) in [6.45, 7) is 7.52. The Morgan fingerprint density at radius 1 is 0.872 bits per heavy atom. The van der Waals surface area contributed by atoms with E-state index in [-0.39, 0.29) is 24.9 Å². The van der Waals surface area contributed by atoms with Gasteiger partial charge < -0.3 is 20.1 Å². The molecule has 2 aromatic carbocycles. The van der Waals surface area contributed by atoms with E-state index in [4.69, 9.17) is 9.84 Å². The number of rotatable bonds is 12. The highest BCUT2D eigenvalue weighted by Crippen LogP contribution is 2.45. The van der Waals surface area contributed by atoms with Crippen LogP contribution in [0.15, 0.2) is 42.5 Å². The molecule has 2 rings (SSSR count). The van der Waals surface area contributed by atoms with Crippen molar-refractivity contribution in [1.82, 2.24) is 0 Å². The first kappa shape index (κ1) is 32.7. The van der Waals surface area contributed by atoms with Crippen LogP contribution < -0.4 is 4.74 Å². The van der Waals surface area contributed by atoms with Crippen LogP contribution in [0.4, 0.5) is 26.3 Å². The monoisotopic (exact) mass is 562 g/mol. The Hall–Kier alpha value is -2.56. The predicted octanol–water partition coefficient (Wildman–Crippen LogP) is 6.79. The molecule has 0 unspecified atom stereocenters. The van der Waals surface area contributed by atoms with Gasteiger partial charge in [-0.25, -0.2) is 0 Å². The van der Waals surface area contributed by atoms with E-state index >= 15 is 0 Å². The molecule has 39 heavy (non-hydrogen) atoms. The normalized spacial score (nSPS) is 14.2. The molecule has 0 saturated carbocycles. The van der Waals surface area contributed by atoms with Crippen LogP contribution in [-0.4, -0.2) is 52.6 Å². The molecular formula is C29H36F6O4. The number of hydrogen-bond donors (Lipinski definition) is 3. The average molecular weight is 563 g/mol. The molecule has 0 saturated heterocycles. The van der Waals surface area contributed by atoms with Crippen molar-refractivity contribution >= 4 is 6.08 Å². The van der Waals surface area contributed by atoms with Gasteiger partial charge in [-0.3, -0.25) is 0 Å². The van der Waals surface area contributed by atoms with Gasteiger partial charge in [0, 0.05) is 12.0 Å². The molecule has 10 heteroatoms. The minimum absolute atomic E-state index is 0.0129. The fourth-order valence-electron chi connectivity index (χ4n) is 4.66. The Kier molecular flexibility index (Phi) is 10.7. The maximum atomic E-state index is 13.0. The highest BCUT2D eigenvalue weighted by atomic mass is 19.4. The number of benzene rings is 2. The first-order chi connectivity index (χ1) is 18.1. The lowest BCUT2D eigenvalue weighted by Crippen LogP contribution is -2.55. The van der Waals surface area contributed by atoms with Crippen molar-refractivity contribution < 1.29 is 46.4 Å². The number of aliphatic hydroxyl groups is 3.